The molecular formula is C14H16ClNO5. The van der Waals surface area contributed by atoms with Gasteiger partial charge in [-0.1, -0.05) is 30.3 Å². The Morgan fingerprint density at radius 1 is 1.29 bits per heavy atom. The fourth-order valence-corrected chi connectivity index (χ4v) is 2.05. The highest BCUT2D eigenvalue weighted by Crippen LogP contribution is 2.15. The van der Waals surface area contributed by atoms with E-state index >= 15 is 0 Å². The second-order valence-electron chi connectivity index (χ2n) is 4.61. The average Bonchev–Trinajstić information content (AvgIpc) is 2.45. The quantitative estimate of drug-likeness (QED) is 0.859. The van der Waals surface area contributed by atoms with Gasteiger partial charge in [0, 0.05) is 6.54 Å². The highest BCUT2D eigenvalue weighted by Gasteiger charge is 2.34. The van der Waals surface area contributed by atoms with Crippen molar-refractivity contribution in [1.82, 2.24) is 4.90 Å². The number of carbonyl (C=O) groups excluding carboxylic acids is 2. The summed E-state index contributed by atoms with van der Waals surface area (Å²) in [5.41, 5.74) is 0.854. The number of aliphatic carboxylic acids is 1. The highest BCUT2D eigenvalue weighted by atomic mass is 35.5. The Hall–Kier alpha value is -2.08. The molecule has 0 aromatic heterocycles. The largest absolute Gasteiger partial charge is 0.481 e. The van der Waals surface area contributed by atoms with Crippen molar-refractivity contribution in [2.24, 2.45) is 5.92 Å². The fourth-order valence-electron chi connectivity index (χ4n) is 2.05. The second-order valence-corrected chi connectivity index (χ2v) is 4.61. The molecule has 1 amide bonds. The molecule has 1 aromatic carbocycles. The number of Topliss-reactive ketones (excluding diaryl/α,β-unsaturated/α-hetero) is 1. The van der Waals surface area contributed by atoms with Gasteiger partial charge in [-0.15, -0.1) is 12.4 Å². The summed E-state index contributed by atoms with van der Waals surface area (Å²) in [6.07, 6.45) is -0.458. The van der Waals surface area contributed by atoms with E-state index in [2.05, 4.69) is 0 Å². The van der Waals surface area contributed by atoms with E-state index in [1.165, 1.54) is 4.90 Å². The van der Waals surface area contributed by atoms with Gasteiger partial charge in [0.25, 0.3) is 0 Å². The number of hydrogen-bond acceptors (Lipinski definition) is 4. The molecule has 6 nitrogen and oxygen atoms in total. The molecule has 1 fully saturated rings. The third-order valence-electron chi connectivity index (χ3n) is 3.18. The first-order valence-corrected chi connectivity index (χ1v) is 6.29. The first-order valence-electron chi connectivity index (χ1n) is 6.29. The fraction of sp³-hybridized carbons (Fsp3) is 0.357. The maximum Gasteiger partial charge on any atom is 0.410 e. The van der Waals surface area contributed by atoms with Gasteiger partial charge in [0.2, 0.25) is 0 Å². The Morgan fingerprint density at radius 3 is 2.52 bits per heavy atom. The minimum absolute atomic E-state index is 0. The number of piperidine rings is 1. The maximum absolute atomic E-state index is 11.8. The molecule has 114 valence electrons. The summed E-state index contributed by atoms with van der Waals surface area (Å²) >= 11 is 0. The van der Waals surface area contributed by atoms with E-state index in [-0.39, 0.29) is 38.5 Å². The minimum Gasteiger partial charge on any atom is -0.481 e. The summed E-state index contributed by atoms with van der Waals surface area (Å²) in [6, 6.07) is 9.20. The number of likely N-dealkylation sites (tertiary alicyclic amines) is 1. The SMILES string of the molecule is Cl.O=C(O)C1CCN(C(=O)OCc2ccccc2)CC1=O. The van der Waals surface area contributed by atoms with E-state index < -0.39 is 23.8 Å². The van der Waals surface area contributed by atoms with Gasteiger partial charge >= 0.3 is 12.1 Å². The zero-order valence-electron chi connectivity index (χ0n) is 11.2. The molecule has 1 unspecified atom stereocenters. The lowest BCUT2D eigenvalue weighted by atomic mass is 9.96. The van der Waals surface area contributed by atoms with Crippen molar-refractivity contribution in [3.05, 3.63) is 35.9 Å². The lowest BCUT2D eigenvalue weighted by molar-refractivity contribution is -0.148. The molecule has 1 N–H and O–H groups in total. The van der Waals surface area contributed by atoms with Crippen LogP contribution in [0.1, 0.15) is 12.0 Å². The van der Waals surface area contributed by atoms with E-state index in [1.54, 1.807) is 0 Å². The highest BCUT2D eigenvalue weighted by molar-refractivity contribution is 6.00. The molecule has 1 atom stereocenters. The van der Waals surface area contributed by atoms with E-state index in [9.17, 15) is 14.4 Å². The third kappa shape index (κ3) is 4.46. The number of nitrogens with zero attached hydrogens (tertiary/aromatic N) is 1. The Morgan fingerprint density at radius 2 is 1.95 bits per heavy atom. The van der Waals surface area contributed by atoms with Crippen LogP contribution in [0.15, 0.2) is 30.3 Å². The monoisotopic (exact) mass is 313 g/mol. The molecule has 1 aromatic rings. The van der Waals surface area contributed by atoms with Crippen LogP contribution >= 0.6 is 12.4 Å². The molecular weight excluding hydrogens is 298 g/mol. The van der Waals surface area contributed by atoms with Crippen LogP contribution in [0.5, 0.6) is 0 Å². The molecule has 2 rings (SSSR count). The van der Waals surface area contributed by atoms with Crippen LogP contribution in [-0.2, 0) is 20.9 Å². The number of carbonyl (C=O) groups is 3. The van der Waals surface area contributed by atoms with Gasteiger partial charge in [0.1, 0.15) is 12.5 Å². The Kier molecular flexibility index (Phi) is 6.17. The lowest BCUT2D eigenvalue weighted by Crippen LogP contribution is -2.46. The van der Waals surface area contributed by atoms with Crippen LogP contribution in [0.25, 0.3) is 0 Å². The number of benzene rings is 1. The minimum atomic E-state index is -1.13. The third-order valence-corrected chi connectivity index (χ3v) is 3.18. The zero-order chi connectivity index (χ0) is 14.5. The van der Waals surface area contributed by atoms with Crippen molar-refractivity contribution < 1.29 is 24.2 Å². The van der Waals surface area contributed by atoms with E-state index in [1.807, 2.05) is 30.3 Å². The van der Waals surface area contributed by atoms with Crippen molar-refractivity contribution >= 4 is 30.3 Å². The zero-order valence-corrected chi connectivity index (χ0v) is 12.0. The van der Waals surface area contributed by atoms with Crippen LogP contribution in [0.4, 0.5) is 4.79 Å². The molecule has 0 saturated carbocycles. The number of ether oxygens (including phenoxy) is 1. The van der Waals surface area contributed by atoms with Gasteiger partial charge in [-0.25, -0.2) is 4.79 Å². The normalized spacial score (nSPS) is 17.8. The number of carboxylic acids is 1. The molecule has 0 spiro atoms. The number of halogens is 1. The molecule has 1 heterocycles. The molecule has 0 radical (unpaired) electrons. The van der Waals surface area contributed by atoms with Gasteiger partial charge in [0.05, 0.1) is 6.54 Å². The van der Waals surface area contributed by atoms with Gasteiger partial charge in [0.15, 0.2) is 5.78 Å². The number of ketones is 1. The van der Waals surface area contributed by atoms with Crippen molar-refractivity contribution in [3.63, 3.8) is 0 Å². The average molecular weight is 314 g/mol. The Bertz CT molecular complexity index is 519. The summed E-state index contributed by atoms with van der Waals surface area (Å²) in [6.45, 7) is 0.146. The molecule has 1 aliphatic rings. The summed E-state index contributed by atoms with van der Waals surface area (Å²) in [5.74, 6) is -2.60. The predicted octanol–water partition coefficient (Wildman–Crippen LogP) is 1.72. The maximum atomic E-state index is 11.8. The van der Waals surface area contributed by atoms with Crippen LogP contribution < -0.4 is 0 Å². The summed E-state index contributed by atoms with van der Waals surface area (Å²) < 4.78 is 5.10. The van der Waals surface area contributed by atoms with E-state index in [0.29, 0.717) is 0 Å². The van der Waals surface area contributed by atoms with Crippen molar-refractivity contribution in [1.29, 1.82) is 0 Å². The van der Waals surface area contributed by atoms with Crippen LogP contribution in [0, 0.1) is 5.92 Å². The lowest BCUT2D eigenvalue weighted by Gasteiger charge is -2.28. The van der Waals surface area contributed by atoms with Gasteiger partial charge in [-0.3, -0.25) is 9.59 Å². The summed E-state index contributed by atoms with van der Waals surface area (Å²) in [5, 5.41) is 8.83. The first-order chi connectivity index (χ1) is 9.58. The molecule has 21 heavy (non-hydrogen) atoms. The second kappa shape index (κ2) is 7.64. The molecule has 1 aliphatic heterocycles. The van der Waals surface area contributed by atoms with Gasteiger partial charge in [-0.2, -0.15) is 0 Å². The van der Waals surface area contributed by atoms with E-state index in [4.69, 9.17) is 9.84 Å². The molecule has 1 saturated heterocycles. The van der Waals surface area contributed by atoms with Crippen molar-refractivity contribution in [2.75, 3.05) is 13.1 Å². The number of amides is 1. The standard InChI is InChI=1S/C14H15NO5.ClH/c16-12-8-15(7-6-11(12)13(17)18)14(19)20-9-10-4-2-1-3-5-10;/h1-5,11H,6-9H2,(H,17,18);1H. The van der Waals surface area contributed by atoms with Crippen molar-refractivity contribution in [3.8, 4) is 0 Å². The molecule has 0 aliphatic carbocycles. The van der Waals surface area contributed by atoms with Crippen LogP contribution in [-0.4, -0.2) is 40.9 Å². The Labute approximate surface area is 128 Å². The van der Waals surface area contributed by atoms with Crippen LogP contribution in [0.3, 0.4) is 0 Å². The number of rotatable bonds is 3. The van der Waals surface area contributed by atoms with Crippen molar-refractivity contribution in [2.45, 2.75) is 13.0 Å². The molecule has 7 heteroatoms. The summed E-state index contributed by atoms with van der Waals surface area (Å²) in [4.78, 5) is 35.4. The summed E-state index contributed by atoms with van der Waals surface area (Å²) in [7, 11) is 0. The van der Waals surface area contributed by atoms with Crippen LogP contribution in [0.2, 0.25) is 0 Å². The topological polar surface area (TPSA) is 83.9 Å². The van der Waals surface area contributed by atoms with Gasteiger partial charge in [-0.05, 0) is 12.0 Å². The van der Waals surface area contributed by atoms with Gasteiger partial charge < -0.3 is 14.7 Å². The molecule has 0 bridgehead atoms. The Balaban J connectivity index is 0.00000220. The smallest absolute Gasteiger partial charge is 0.410 e. The predicted molar refractivity (Wildman–Crippen MR) is 76.2 cm³/mol. The number of carboxylic acid groups (broad SMARTS) is 1. The first kappa shape index (κ1) is 17.0. The number of hydrogen-bond donors (Lipinski definition) is 1. The van der Waals surface area contributed by atoms with E-state index in [0.717, 1.165) is 5.56 Å².